The van der Waals surface area contributed by atoms with Crippen LogP contribution in [0, 0.1) is 0 Å². The van der Waals surface area contributed by atoms with Crippen LogP contribution in [0.15, 0.2) is 60.7 Å². The van der Waals surface area contributed by atoms with E-state index in [2.05, 4.69) is 4.74 Å². The highest BCUT2D eigenvalue weighted by Crippen LogP contribution is 2.20. The lowest BCUT2D eigenvalue weighted by Crippen LogP contribution is -2.34. The molecule has 0 saturated carbocycles. The molecule has 0 radical (unpaired) electrons. The number of ether oxygens (including phenoxy) is 3. The quantitative estimate of drug-likeness (QED) is 0.605. The van der Waals surface area contributed by atoms with Gasteiger partial charge in [0.25, 0.3) is 0 Å². The largest absolute Gasteiger partial charge is 0.389 e. The molecule has 1 fully saturated rings. The second-order valence-electron chi connectivity index (χ2n) is 5.17. The predicted molar refractivity (Wildman–Crippen MR) is 81.1 cm³/mol. The average Bonchev–Trinajstić information content (AvgIpc) is 2.86. The van der Waals surface area contributed by atoms with E-state index in [9.17, 15) is 9.59 Å². The van der Waals surface area contributed by atoms with Crippen LogP contribution in [0.1, 0.15) is 11.1 Å². The lowest BCUT2D eigenvalue weighted by molar-refractivity contribution is -0.156. The third-order valence-electron chi connectivity index (χ3n) is 3.49. The molecule has 5 heteroatoms. The van der Waals surface area contributed by atoms with Gasteiger partial charge in [0.05, 0.1) is 13.2 Å². The molecule has 0 aromatic heterocycles. The van der Waals surface area contributed by atoms with E-state index in [0.29, 0.717) is 0 Å². The van der Waals surface area contributed by atoms with Crippen molar-refractivity contribution in [3.05, 3.63) is 71.8 Å². The molecule has 0 spiro atoms. The Balaban J connectivity index is 1.62. The zero-order valence-electron chi connectivity index (χ0n) is 12.4. The lowest BCUT2D eigenvalue weighted by Gasteiger charge is -2.15. The van der Waals surface area contributed by atoms with Crippen molar-refractivity contribution in [3.63, 3.8) is 0 Å². The highest BCUT2D eigenvalue weighted by Gasteiger charge is 2.46. The number of carbonyl (C=O) groups excluding carboxylic acids is 2. The Morgan fingerprint density at radius 1 is 0.696 bits per heavy atom. The monoisotopic (exact) mass is 312 g/mol. The summed E-state index contributed by atoms with van der Waals surface area (Å²) in [5, 5.41) is 0. The molecule has 1 aliphatic rings. The fourth-order valence-electron chi connectivity index (χ4n) is 2.29. The van der Waals surface area contributed by atoms with E-state index in [1.807, 2.05) is 60.7 Å². The Kier molecular flexibility index (Phi) is 4.80. The standard InChI is InChI=1S/C18H16O5/c19-17-15(21-11-13-7-3-1-4-8-13)16(18(20)23-17)22-12-14-9-5-2-6-10-14/h1-10,15-16H,11-12H2/t15-,16?/m1/s1. The number of rotatable bonds is 6. The topological polar surface area (TPSA) is 61.8 Å². The van der Waals surface area contributed by atoms with E-state index in [4.69, 9.17) is 9.47 Å². The molecule has 1 aliphatic heterocycles. The summed E-state index contributed by atoms with van der Waals surface area (Å²) >= 11 is 0. The van der Waals surface area contributed by atoms with E-state index in [1.165, 1.54) is 0 Å². The fourth-order valence-corrected chi connectivity index (χ4v) is 2.29. The molecule has 3 rings (SSSR count). The van der Waals surface area contributed by atoms with Crippen LogP contribution in [-0.2, 0) is 37.0 Å². The van der Waals surface area contributed by atoms with Gasteiger partial charge in [-0.15, -0.1) is 0 Å². The molecule has 2 aromatic rings. The molecule has 0 N–H and O–H groups in total. The molecule has 1 unspecified atom stereocenters. The molecule has 1 saturated heterocycles. The SMILES string of the molecule is O=C1OC(=O)[C@H](OCc2ccccc2)C1OCc1ccccc1. The Labute approximate surface area is 133 Å². The zero-order valence-corrected chi connectivity index (χ0v) is 12.4. The second-order valence-corrected chi connectivity index (χ2v) is 5.17. The maximum atomic E-state index is 11.8. The number of cyclic esters (lactones) is 2. The maximum absolute atomic E-state index is 11.8. The van der Waals surface area contributed by atoms with E-state index in [0.717, 1.165) is 11.1 Å². The Bertz CT molecular complexity index is 609. The summed E-state index contributed by atoms with van der Waals surface area (Å²) in [7, 11) is 0. The van der Waals surface area contributed by atoms with Gasteiger partial charge in [-0.1, -0.05) is 60.7 Å². The van der Waals surface area contributed by atoms with E-state index in [-0.39, 0.29) is 13.2 Å². The van der Waals surface area contributed by atoms with Gasteiger partial charge in [-0.2, -0.15) is 0 Å². The summed E-state index contributed by atoms with van der Waals surface area (Å²) < 4.78 is 15.7. The minimum atomic E-state index is -1.04. The lowest BCUT2D eigenvalue weighted by atomic mass is 10.2. The first kappa shape index (κ1) is 15.4. The van der Waals surface area contributed by atoms with Crippen molar-refractivity contribution < 1.29 is 23.8 Å². The van der Waals surface area contributed by atoms with Gasteiger partial charge in [0.15, 0.2) is 12.2 Å². The van der Waals surface area contributed by atoms with Crippen LogP contribution in [0.25, 0.3) is 0 Å². The summed E-state index contributed by atoms with van der Waals surface area (Å²) in [6.07, 6.45) is -2.07. The van der Waals surface area contributed by atoms with Crippen molar-refractivity contribution in [2.24, 2.45) is 0 Å². The van der Waals surface area contributed by atoms with Crippen molar-refractivity contribution in [2.75, 3.05) is 0 Å². The van der Waals surface area contributed by atoms with Crippen molar-refractivity contribution in [3.8, 4) is 0 Å². The summed E-state index contributed by atoms with van der Waals surface area (Å²) in [5.41, 5.74) is 1.81. The molecule has 2 atom stereocenters. The summed E-state index contributed by atoms with van der Waals surface area (Å²) in [5.74, 6) is -1.41. The molecular weight excluding hydrogens is 296 g/mol. The number of esters is 2. The van der Waals surface area contributed by atoms with Gasteiger partial charge >= 0.3 is 11.9 Å². The molecule has 5 nitrogen and oxygen atoms in total. The maximum Gasteiger partial charge on any atom is 0.346 e. The van der Waals surface area contributed by atoms with E-state index < -0.39 is 24.1 Å². The van der Waals surface area contributed by atoms with E-state index >= 15 is 0 Å². The fraction of sp³-hybridized carbons (Fsp3) is 0.222. The Morgan fingerprint density at radius 3 is 1.48 bits per heavy atom. The van der Waals surface area contributed by atoms with Crippen LogP contribution < -0.4 is 0 Å². The van der Waals surface area contributed by atoms with Crippen molar-refractivity contribution >= 4 is 11.9 Å². The minimum absolute atomic E-state index is 0.207. The van der Waals surface area contributed by atoms with Crippen molar-refractivity contribution in [2.45, 2.75) is 25.4 Å². The normalized spacial score (nSPS) is 20.5. The molecular formula is C18H16O5. The van der Waals surface area contributed by atoms with Crippen LogP contribution in [-0.4, -0.2) is 24.1 Å². The van der Waals surface area contributed by atoms with Crippen LogP contribution in [0.5, 0.6) is 0 Å². The highest BCUT2D eigenvalue weighted by molar-refractivity contribution is 5.99. The number of hydrogen-bond donors (Lipinski definition) is 0. The smallest absolute Gasteiger partial charge is 0.346 e. The predicted octanol–water partition coefficient (Wildman–Crippen LogP) is 2.24. The number of carbonyl (C=O) groups is 2. The molecule has 0 amide bonds. The molecule has 1 heterocycles. The van der Waals surface area contributed by atoms with Gasteiger partial charge in [-0.05, 0) is 11.1 Å². The third kappa shape index (κ3) is 3.83. The van der Waals surface area contributed by atoms with Crippen molar-refractivity contribution in [1.82, 2.24) is 0 Å². The Hall–Kier alpha value is -2.50. The van der Waals surface area contributed by atoms with Crippen LogP contribution >= 0.6 is 0 Å². The first-order valence-corrected chi connectivity index (χ1v) is 7.30. The van der Waals surface area contributed by atoms with E-state index in [1.54, 1.807) is 0 Å². The van der Waals surface area contributed by atoms with Gasteiger partial charge in [-0.25, -0.2) is 9.59 Å². The van der Waals surface area contributed by atoms with Gasteiger partial charge in [-0.3, -0.25) is 0 Å². The van der Waals surface area contributed by atoms with Gasteiger partial charge in [0.1, 0.15) is 0 Å². The van der Waals surface area contributed by atoms with Gasteiger partial charge in [0, 0.05) is 0 Å². The summed E-state index contributed by atoms with van der Waals surface area (Å²) in [6, 6.07) is 18.8. The summed E-state index contributed by atoms with van der Waals surface area (Å²) in [4.78, 5) is 23.6. The third-order valence-corrected chi connectivity index (χ3v) is 3.49. The zero-order chi connectivity index (χ0) is 16.1. The Morgan fingerprint density at radius 2 is 1.09 bits per heavy atom. The molecule has 118 valence electrons. The molecule has 0 aliphatic carbocycles. The first-order chi connectivity index (χ1) is 11.2. The van der Waals surface area contributed by atoms with Crippen LogP contribution in [0.2, 0.25) is 0 Å². The molecule has 23 heavy (non-hydrogen) atoms. The molecule has 0 bridgehead atoms. The number of benzene rings is 2. The first-order valence-electron chi connectivity index (χ1n) is 7.30. The van der Waals surface area contributed by atoms with Crippen LogP contribution in [0.3, 0.4) is 0 Å². The highest BCUT2D eigenvalue weighted by atomic mass is 16.7. The molecule has 2 aromatic carbocycles. The average molecular weight is 312 g/mol. The second kappa shape index (κ2) is 7.17. The van der Waals surface area contributed by atoms with Gasteiger partial charge in [0.2, 0.25) is 0 Å². The minimum Gasteiger partial charge on any atom is -0.389 e. The van der Waals surface area contributed by atoms with Crippen LogP contribution in [0.4, 0.5) is 0 Å². The summed E-state index contributed by atoms with van der Waals surface area (Å²) in [6.45, 7) is 0.415. The van der Waals surface area contributed by atoms with Gasteiger partial charge < -0.3 is 14.2 Å². The van der Waals surface area contributed by atoms with Crippen molar-refractivity contribution in [1.29, 1.82) is 0 Å². The number of hydrogen-bond acceptors (Lipinski definition) is 5.